The van der Waals surface area contributed by atoms with Gasteiger partial charge in [-0.3, -0.25) is 0 Å². The summed E-state index contributed by atoms with van der Waals surface area (Å²) in [6.45, 7) is 2.97. The van der Waals surface area contributed by atoms with Gasteiger partial charge < -0.3 is 4.74 Å². The molecule has 0 spiro atoms. The van der Waals surface area contributed by atoms with E-state index < -0.39 is 10.0 Å². The smallest absolute Gasteiger partial charge is 0.243 e. The number of nitrogens with one attached hydrogen (secondary N) is 1. The van der Waals surface area contributed by atoms with E-state index >= 15 is 0 Å². The average Bonchev–Trinajstić information content (AvgIpc) is 3.41. The maximum absolute atomic E-state index is 13.4. The fourth-order valence-electron chi connectivity index (χ4n) is 3.56. The van der Waals surface area contributed by atoms with Gasteiger partial charge >= 0.3 is 0 Å². The van der Waals surface area contributed by atoms with Crippen molar-refractivity contribution in [1.29, 1.82) is 0 Å². The molecule has 0 unspecified atom stereocenters. The Labute approximate surface area is 173 Å². The van der Waals surface area contributed by atoms with Crippen molar-refractivity contribution in [3.05, 3.63) is 53.1 Å². The highest BCUT2D eigenvalue weighted by molar-refractivity contribution is 7.89. The first kappa shape index (κ1) is 19.8. The molecular weight excluding hydrogens is 414 g/mol. The molecule has 0 saturated carbocycles. The summed E-state index contributed by atoms with van der Waals surface area (Å²) in [5.74, 6) is 1.02. The van der Waals surface area contributed by atoms with Crippen LogP contribution in [-0.2, 0) is 10.0 Å². The van der Waals surface area contributed by atoms with Crippen molar-refractivity contribution in [1.82, 2.24) is 24.9 Å². The van der Waals surface area contributed by atoms with Crippen LogP contribution < -0.4 is 4.74 Å². The van der Waals surface area contributed by atoms with Gasteiger partial charge in [-0.15, -0.1) is 10.2 Å². The molecule has 4 rings (SSSR count). The number of nitrogens with zero attached hydrogens (tertiary/aromatic N) is 4. The molecule has 0 radical (unpaired) electrons. The van der Waals surface area contributed by atoms with Crippen LogP contribution >= 0.6 is 11.6 Å². The number of halogens is 1. The number of benzene rings is 2. The highest BCUT2D eigenvalue weighted by Crippen LogP contribution is 2.38. The van der Waals surface area contributed by atoms with Crippen LogP contribution in [0.2, 0.25) is 5.02 Å². The van der Waals surface area contributed by atoms with Gasteiger partial charge in [-0.2, -0.15) is 9.52 Å². The van der Waals surface area contributed by atoms with Crippen LogP contribution in [0.25, 0.3) is 11.4 Å². The van der Waals surface area contributed by atoms with Gasteiger partial charge in [0.05, 0.1) is 22.6 Å². The Morgan fingerprint density at radius 2 is 2.03 bits per heavy atom. The third-order valence-corrected chi connectivity index (χ3v) is 7.14. The van der Waals surface area contributed by atoms with Gasteiger partial charge in [-0.1, -0.05) is 23.7 Å². The molecule has 8 nitrogen and oxygen atoms in total. The van der Waals surface area contributed by atoms with Crippen LogP contribution in [-0.4, -0.2) is 46.5 Å². The van der Waals surface area contributed by atoms with E-state index in [-0.39, 0.29) is 16.8 Å². The number of hydrogen-bond acceptors (Lipinski definition) is 6. The molecule has 152 valence electrons. The Morgan fingerprint density at radius 1 is 1.24 bits per heavy atom. The van der Waals surface area contributed by atoms with Crippen molar-refractivity contribution in [3.63, 3.8) is 0 Å². The molecule has 0 amide bonds. The molecule has 29 heavy (non-hydrogen) atoms. The highest BCUT2D eigenvalue weighted by atomic mass is 35.5. The Bertz CT molecular complexity index is 1090. The van der Waals surface area contributed by atoms with Gasteiger partial charge in [0.2, 0.25) is 15.8 Å². The Hall–Kier alpha value is -2.49. The lowest BCUT2D eigenvalue weighted by molar-refractivity contribution is 0.339. The van der Waals surface area contributed by atoms with Crippen molar-refractivity contribution >= 4 is 21.6 Å². The fourth-order valence-corrected chi connectivity index (χ4v) is 5.47. The van der Waals surface area contributed by atoms with Gasteiger partial charge in [-0.25, -0.2) is 8.42 Å². The number of H-pyrrole nitrogens is 1. The predicted octanol–water partition coefficient (Wildman–Crippen LogP) is 3.44. The number of aromatic amines is 1. The lowest BCUT2D eigenvalue weighted by atomic mass is 10.1. The summed E-state index contributed by atoms with van der Waals surface area (Å²) in [7, 11) is -3.73. The molecule has 2 aromatic carbocycles. The van der Waals surface area contributed by atoms with E-state index in [2.05, 4.69) is 20.6 Å². The maximum atomic E-state index is 13.4. The Morgan fingerprint density at radius 3 is 2.72 bits per heavy atom. The monoisotopic (exact) mass is 433 g/mol. The van der Waals surface area contributed by atoms with Gasteiger partial charge in [0.25, 0.3) is 0 Å². The van der Waals surface area contributed by atoms with Crippen LogP contribution in [0.3, 0.4) is 0 Å². The molecule has 2 heterocycles. The molecular formula is C19H20ClN5O3S. The maximum Gasteiger partial charge on any atom is 0.243 e. The van der Waals surface area contributed by atoms with Crippen molar-refractivity contribution in [2.75, 3.05) is 13.2 Å². The first-order valence-electron chi connectivity index (χ1n) is 9.28. The van der Waals surface area contributed by atoms with E-state index in [9.17, 15) is 8.42 Å². The summed E-state index contributed by atoms with van der Waals surface area (Å²) >= 11 is 6.22. The van der Waals surface area contributed by atoms with E-state index in [0.29, 0.717) is 23.7 Å². The molecule has 1 N–H and O–H groups in total. The molecule has 1 atom stereocenters. The minimum atomic E-state index is -3.73. The van der Waals surface area contributed by atoms with Gasteiger partial charge in [0, 0.05) is 12.1 Å². The van der Waals surface area contributed by atoms with Crippen LogP contribution in [0.5, 0.6) is 5.75 Å². The summed E-state index contributed by atoms with van der Waals surface area (Å²) in [5, 5.41) is 14.0. The molecule has 1 saturated heterocycles. The van der Waals surface area contributed by atoms with Crippen LogP contribution in [0.15, 0.2) is 47.4 Å². The number of aromatic nitrogens is 4. The van der Waals surface area contributed by atoms with E-state index in [4.69, 9.17) is 16.3 Å². The van der Waals surface area contributed by atoms with Gasteiger partial charge in [-0.05, 0) is 60.9 Å². The third-order valence-electron chi connectivity index (χ3n) is 4.91. The number of rotatable bonds is 6. The Kier molecular flexibility index (Phi) is 5.53. The molecule has 1 fully saturated rings. The minimum absolute atomic E-state index is 0.152. The second kappa shape index (κ2) is 8.10. The third kappa shape index (κ3) is 3.85. The predicted molar refractivity (Wildman–Crippen MR) is 108 cm³/mol. The molecule has 1 aromatic heterocycles. The van der Waals surface area contributed by atoms with E-state index in [0.717, 1.165) is 24.2 Å². The SMILES string of the molecule is CCOc1ccc([C@@H]2CCCN2S(=O)(=O)c2ccc(Cl)c(-c3nn[nH]n3)c2)cc1. The molecule has 0 bridgehead atoms. The first-order chi connectivity index (χ1) is 14.0. The molecule has 1 aliphatic heterocycles. The van der Waals surface area contributed by atoms with Gasteiger partial charge in [0.15, 0.2) is 0 Å². The quantitative estimate of drug-likeness (QED) is 0.638. The Balaban J connectivity index is 1.67. The molecule has 3 aromatic rings. The minimum Gasteiger partial charge on any atom is -0.494 e. The summed E-state index contributed by atoms with van der Waals surface area (Å²) in [6.07, 6.45) is 1.56. The molecule has 10 heteroatoms. The zero-order valence-corrected chi connectivity index (χ0v) is 17.3. The van der Waals surface area contributed by atoms with Gasteiger partial charge in [0.1, 0.15) is 5.75 Å². The zero-order valence-electron chi connectivity index (χ0n) is 15.7. The lowest BCUT2D eigenvalue weighted by Crippen LogP contribution is -2.30. The highest BCUT2D eigenvalue weighted by Gasteiger charge is 2.36. The summed E-state index contributed by atoms with van der Waals surface area (Å²) in [6, 6.07) is 11.9. The molecule has 0 aliphatic carbocycles. The van der Waals surface area contributed by atoms with E-state index in [1.807, 2.05) is 31.2 Å². The number of sulfonamides is 1. The number of ether oxygens (including phenoxy) is 1. The van der Waals surface area contributed by atoms with Crippen molar-refractivity contribution in [2.45, 2.75) is 30.7 Å². The fraction of sp³-hybridized carbons (Fsp3) is 0.316. The normalized spacial score (nSPS) is 17.5. The van der Waals surface area contributed by atoms with Crippen LogP contribution in [0, 0.1) is 0 Å². The summed E-state index contributed by atoms with van der Waals surface area (Å²) in [4.78, 5) is 0.152. The largest absolute Gasteiger partial charge is 0.494 e. The molecule has 1 aliphatic rings. The van der Waals surface area contributed by atoms with E-state index in [1.165, 1.54) is 12.1 Å². The first-order valence-corrected chi connectivity index (χ1v) is 11.1. The van der Waals surface area contributed by atoms with E-state index in [1.54, 1.807) is 10.4 Å². The number of tetrazole rings is 1. The second-order valence-electron chi connectivity index (χ2n) is 6.65. The average molecular weight is 434 g/mol. The van der Waals surface area contributed by atoms with Crippen LogP contribution in [0.1, 0.15) is 31.4 Å². The van der Waals surface area contributed by atoms with Crippen LogP contribution in [0.4, 0.5) is 0 Å². The van der Waals surface area contributed by atoms with Crippen molar-refractivity contribution in [3.8, 4) is 17.1 Å². The van der Waals surface area contributed by atoms with Crippen molar-refractivity contribution < 1.29 is 13.2 Å². The second-order valence-corrected chi connectivity index (χ2v) is 8.95. The lowest BCUT2D eigenvalue weighted by Gasteiger charge is -2.25. The summed E-state index contributed by atoms with van der Waals surface area (Å²) in [5.41, 5.74) is 1.36. The standard InChI is InChI=1S/C19H20ClN5O3S/c1-2-28-14-7-5-13(6-8-14)18-4-3-11-25(18)29(26,27)15-9-10-17(20)16(12-15)19-21-23-24-22-19/h5-10,12,18H,2-4,11H2,1H3,(H,21,22,23,24)/t18-/m0/s1. The summed E-state index contributed by atoms with van der Waals surface area (Å²) < 4.78 is 33.9. The topological polar surface area (TPSA) is 101 Å². The van der Waals surface area contributed by atoms with Crippen molar-refractivity contribution in [2.24, 2.45) is 0 Å². The zero-order chi connectivity index (χ0) is 20.4. The number of hydrogen-bond donors (Lipinski definition) is 1.